The van der Waals surface area contributed by atoms with Gasteiger partial charge in [-0.1, -0.05) is 41.1 Å². The van der Waals surface area contributed by atoms with Crippen LogP contribution in [0.25, 0.3) is 0 Å². The van der Waals surface area contributed by atoms with Crippen LogP contribution in [-0.4, -0.2) is 30.6 Å². The molecular formula is C17H27BrN2. The number of piperidine rings is 1. The first kappa shape index (κ1) is 16.0. The summed E-state index contributed by atoms with van der Waals surface area (Å²) in [5, 5.41) is 3.72. The highest BCUT2D eigenvalue weighted by Gasteiger charge is 2.23. The van der Waals surface area contributed by atoms with Gasteiger partial charge in [0.15, 0.2) is 0 Å². The van der Waals surface area contributed by atoms with Gasteiger partial charge in [0.25, 0.3) is 0 Å². The summed E-state index contributed by atoms with van der Waals surface area (Å²) in [7, 11) is 0. The Hall–Kier alpha value is -0.380. The quantitative estimate of drug-likeness (QED) is 0.841. The third kappa shape index (κ3) is 4.57. The van der Waals surface area contributed by atoms with Crippen LogP contribution in [-0.2, 0) is 6.54 Å². The zero-order valence-electron chi connectivity index (χ0n) is 12.7. The minimum Gasteiger partial charge on any atom is -0.310 e. The Morgan fingerprint density at radius 1 is 1.40 bits per heavy atom. The van der Waals surface area contributed by atoms with Gasteiger partial charge in [-0.25, -0.2) is 0 Å². The van der Waals surface area contributed by atoms with Crippen molar-refractivity contribution in [2.24, 2.45) is 5.92 Å². The molecule has 20 heavy (non-hydrogen) atoms. The number of hydrogen-bond acceptors (Lipinski definition) is 2. The number of rotatable bonds is 6. The molecule has 1 saturated heterocycles. The fraction of sp³-hybridized carbons (Fsp3) is 0.647. The smallest absolute Gasteiger partial charge is 0.0220 e. The van der Waals surface area contributed by atoms with Crippen molar-refractivity contribution in [1.82, 2.24) is 10.2 Å². The molecule has 1 aromatic rings. The molecule has 0 aromatic heterocycles. The maximum Gasteiger partial charge on any atom is 0.0220 e. The van der Waals surface area contributed by atoms with Gasteiger partial charge in [-0.15, -0.1) is 0 Å². The van der Waals surface area contributed by atoms with Crippen LogP contribution in [0.3, 0.4) is 0 Å². The van der Waals surface area contributed by atoms with E-state index in [4.69, 9.17) is 0 Å². The van der Waals surface area contributed by atoms with E-state index in [0.29, 0.717) is 6.04 Å². The normalized spacial score (nSPS) is 21.9. The number of likely N-dealkylation sites (tertiary alicyclic amines) is 1. The van der Waals surface area contributed by atoms with Crippen molar-refractivity contribution in [1.29, 1.82) is 0 Å². The first-order valence-electron chi connectivity index (χ1n) is 7.90. The second-order valence-electron chi connectivity index (χ2n) is 5.96. The molecule has 1 N–H and O–H groups in total. The molecule has 0 radical (unpaired) electrons. The summed E-state index contributed by atoms with van der Waals surface area (Å²) in [5.41, 5.74) is 1.35. The maximum absolute atomic E-state index is 3.72. The molecular weight excluding hydrogens is 312 g/mol. The van der Waals surface area contributed by atoms with E-state index in [-0.39, 0.29) is 0 Å². The topological polar surface area (TPSA) is 15.3 Å². The van der Waals surface area contributed by atoms with Crippen LogP contribution < -0.4 is 5.32 Å². The van der Waals surface area contributed by atoms with Crippen molar-refractivity contribution in [2.45, 2.75) is 45.7 Å². The molecule has 1 aromatic carbocycles. The van der Waals surface area contributed by atoms with Gasteiger partial charge in [-0.05, 0) is 56.8 Å². The summed E-state index contributed by atoms with van der Waals surface area (Å²) >= 11 is 3.62. The summed E-state index contributed by atoms with van der Waals surface area (Å²) in [4.78, 5) is 2.63. The highest BCUT2D eigenvalue weighted by molar-refractivity contribution is 9.10. The van der Waals surface area contributed by atoms with Crippen LogP contribution in [0.4, 0.5) is 0 Å². The lowest BCUT2D eigenvalue weighted by molar-refractivity contribution is 0.150. The van der Waals surface area contributed by atoms with E-state index < -0.39 is 0 Å². The molecule has 2 rings (SSSR count). The van der Waals surface area contributed by atoms with Crippen molar-refractivity contribution < 1.29 is 0 Å². The number of benzene rings is 1. The number of nitrogens with one attached hydrogen (secondary N) is 1. The molecule has 0 bridgehead atoms. The molecule has 1 fully saturated rings. The summed E-state index contributed by atoms with van der Waals surface area (Å²) in [5.74, 6) is 0.790. The Morgan fingerprint density at radius 3 is 2.95 bits per heavy atom. The lowest BCUT2D eigenvalue weighted by atomic mass is 9.91. The first-order chi connectivity index (χ1) is 9.70. The van der Waals surface area contributed by atoms with Gasteiger partial charge < -0.3 is 10.2 Å². The fourth-order valence-electron chi connectivity index (χ4n) is 3.10. The van der Waals surface area contributed by atoms with Gasteiger partial charge >= 0.3 is 0 Å². The minimum absolute atomic E-state index is 0.585. The summed E-state index contributed by atoms with van der Waals surface area (Å²) in [6.45, 7) is 9.38. The maximum atomic E-state index is 3.72. The summed E-state index contributed by atoms with van der Waals surface area (Å²) in [6, 6.07) is 9.07. The number of halogens is 1. The molecule has 0 saturated carbocycles. The van der Waals surface area contributed by atoms with Crippen LogP contribution in [0, 0.1) is 5.92 Å². The zero-order valence-corrected chi connectivity index (χ0v) is 14.3. The Labute approximate surface area is 132 Å². The lowest BCUT2D eigenvalue weighted by Gasteiger charge is -2.36. The average Bonchev–Trinajstić information content (AvgIpc) is 2.47. The molecule has 2 atom stereocenters. The molecule has 0 amide bonds. The SMILES string of the molecule is CCCN1CCCC(C(C)NCc2ccccc2Br)C1. The highest BCUT2D eigenvalue weighted by Crippen LogP contribution is 2.21. The van der Waals surface area contributed by atoms with Gasteiger partial charge in [0.1, 0.15) is 0 Å². The summed E-state index contributed by atoms with van der Waals surface area (Å²) < 4.78 is 1.20. The van der Waals surface area contributed by atoms with Crippen molar-refractivity contribution in [3.63, 3.8) is 0 Å². The second-order valence-corrected chi connectivity index (χ2v) is 6.82. The Morgan fingerprint density at radius 2 is 2.20 bits per heavy atom. The third-order valence-electron chi connectivity index (χ3n) is 4.36. The lowest BCUT2D eigenvalue weighted by Crippen LogP contribution is -2.44. The third-order valence-corrected chi connectivity index (χ3v) is 5.13. The van der Waals surface area contributed by atoms with Crippen LogP contribution in [0.5, 0.6) is 0 Å². The first-order valence-corrected chi connectivity index (χ1v) is 8.69. The Kier molecular flexibility index (Phi) is 6.53. The van der Waals surface area contributed by atoms with E-state index in [1.807, 2.05) is 0 Å². The zero-order chi connectivity index (χ0) is 14.4. The molecule has 112 valence electrons. The molecule has 1 aliphatic heterocycles. The Balaban J connectivity index is 1.82. The molecule has 0 aliphatic carbocycles. The van der Waals surface area contributed by atoms with E-state index in [1.54, 1.807) is 0 Å². The largest absolute Gasteiger partial charge is 0.310 e. The minimum atomic E-state index is 0.585. The predicted octanol–water partition coefficient (Wildman–Crippen LogP) is 4.05. The van der Waals surface area contributed by atoms with Crippen molar-refractivity contribution >= 4 is 15.9 Å². The standard InChI is InChI=1S/C17H27BrN2/c1-3-10-20-11-6-8-16(13-20)14(2)19-12-15-7-4-5-9-17(15)18/h4-5,7,9,14,16,19H,3,6,8,10-13H2,1-2H3. The van der Waals surface area contributed by atoms with E-state index in [9.17, 15) is 0 Å². The van der Waals surface area contributed by atoms with Crippen LogP contribution in [0.15, 0.2) is 28.7 Å². The van der Waals surface area contributed by atoms with Crippen LogP contribution >= 0.6 is 15.9 Å². The van der Waals surface area contributed by atoms with Gasteiger partial charge in [0.05, 0.1) is 0 Å². The molecule has 2 unspecified atom stereocenters. The van der Waals surface area contributed by atoms with E-state index in [0.717, 1.165) is 12.5 Å². The van der Waals surface area contributed by atoms with E-state index >= 15 is 0 Å². The van der Waals surface area contributed by atoms with Crippen molar-refractivity contribution in [2.75, 3.05) is 19.6 Å². The molecule has 0 spiro atoms. The number of nitrogens with zero attached hydrogens (tertiary/aromatic N) is 1. The van der Waals surface area contributed by atoms with Crippen LogP contribution in [0.2, 0.25) is 0 Å². The van der Waals surface area contributed by atoms with Crippen LogP contribution in [0.1, 0.15) is 38.7 Å². The second kappa shape index (κ2) is 8.16. The number of hydrogen-bond donors (Lipinski definition) is 1. The van der Waals surface area contributed by atoms with E-state index in [2.05, 4.69) is 64.3 Å². The molecule has 2 nitrogen and oxygen atoms in total. The van der Waals surface area contributed by atoms with Gasteiger partial charge in [0, 0.05) is 23.6 Å². The fourth-order valence-corrected chi connectivity index (χ4v) is 3.52. The molecule has 1 aliphatic rings. The van der Waals surface area contributed by atoms with E-state index in [1.165, 1.54) is 48.9 Å². The van der Waals surface area contributed by atoms with Crippen molar-refractivity contribution in [3.8, 4) is 0 Å². The van der Waals surface area contributed by atoms with Gasteiger partial charge in [0.2, 0.25) is 0 Å². The Bertz CT molecular complexity index is 406. The summed E-state index contributed by atoms with van der Waals surface area (Å²) in [6.07, 6.45) is 3.99. The monoisotopic (exact) mass is 338 g/mol. The van der Waals surface area contributed by atoms with Gasteiger partial charge in [-0.3, -0.25) is 0 Å². The average molecular weight is 339 g/mol. The van der Waals surface area contributed by atoms with Crippen molar-refractivity contribution in [3.05, 3.63) is 34.3 Å². The molecule has 1 heterocycles. The predicted molar refractivity (Wildman–Crippen MR) is 89.9 cm³/mol. The van der Waals surface area contributed by atoms with Gasteiger partial charge in [-0.2, -0.15) is 0 Å². The highest BCUT2D eigenvalue weighted by atomic mass is 79.9. The molecule has 3 heteroatoms.